The van der Waals surface area contributed by atoms with Crippen molar-refractivity contribution in [2.45, 2.75) is 6.92 Å². The molecule has 0 atom stereocenters. The van der Waals surface area contributed by atoms with E-state index >= 15 is 0 Å². The lowest BCUT2D eigenvalue weighted by atomic mass is 10.2. The highest BCUT2D eigenvalue weighted by Crippen LogP contribution is 2.26. The number of carboxylic acids is 1. The first-order valence-corrected chi connectivity index (χ1v) is 4.66. The molecule has 0 aliphatic carbocycles. The lowest BCUT2D eigenvalue weighted by Gasteiger charge is -1.98. The summed E-state index contributed by atoms with van der Waals surface area (Å²) in [6, 6.07) is 3.28. The smallest absolute Gasteiger partial charge is 0.373 e. The van der Waals surface area contributed by atoms with Crippen LogP contribution in [0.4, 0.5) is 8.78 Å². The zero-order valence-corrected chi connectivity index (χ0v) is 8.70. The zero-order valence-electron chi connectivity index (χ0n) is 8.70. The van der Waals surface area contributed by atoms with Gasteiger partial charge in [-0.25, -0.2) is 18.6 Å². The van der Waals surface area contributed by atoms with Crippen molar-refractivity contribution in [1.29, 1.82) is 0 Å². The number of hydrogen-bond acceptors (Lipinski definition) is 3. The monoisotopic (exact) mass is 239 g/mol. The minimum atomic E-state index is -1.34. The number of benzene rings is 1. The van der Waals surface area contributed by atoms with Crippen molar-refractivity contribution in [2.24, 2.45) is 0 Å². The number of halogens is 2. The number of oxazole rings is 1. The van der Waals surface area contributed by atoms with E-state index in [9.17, 15) is 13.6 Å². The second kappa shape index (κ2) is 3.97. The van der Waals surface area contributed by atoms with Crippen molar-refractivity contribution in [3.63, 3.8) is 0 Å². The van der Waals surface area contributed by atoms with Gasteiger partial charge in [0.15, 0.2) is 0 Å². The SMILES string of the molecule is Cc1nc(-c2c(F)cccc2F)oc1C(=O)O. The molecule has 1 heterocycles. The Bertz CT molecular complexity index is 572. The van der Waals surface area contributed by atoms with Crippen LogP contribution >= 0.6 is 0 Å². The van der Waals surface area contributed by atoms with Gasteiger partial charge in [-0.1, -0.05) is 6.07 Å². The molecule has 0 radical (unpaired) electrons. The number of aryl methyl sites for hydroxylation is 1. The predicted octanol–water partition coefficient (Wildman–Crippen LogP) is 2.63. The topological polar surface area (TPSA) is 63.3 Å². The minimum absolute atomic E-state index is 0.0650. The van der Waals surface area contributed by atoms with Crippen LogP contribution in [0.1, 0.15) is 16.2 Å². The number of aromatic nitrogens is 1. The van der Waals surface area contributed by atoms with Gasteiger partial charge in [0.25, 0.3) is 0 Å². The standard InChI is InChI=1S/C11H7F2NO3/c1-5-9(11(15)16)17-10(14-5)8-6(12)3-2-4-7(8)13/h2-4H,1H3,(H,15,16). The number of aromatic carboxylic acids is 1. The molecule has 1 N–H and O–H groups in total. The van der Waals surface area contributed by atoms with E-state index in [4.69, 9.17) is 9.52 Å². The molecule has 6 heteroatoms. The largest absolute Gasteiger partial charge is 0.475 e. The van der Waals surface area contributed by atoms with Gasteiger partial charge in [0.1, 0.15) is 17.2 Å². The molecule has 0 aliphatic heterocycles. The van der Waals surface area contributed by atoms with Crippen molar-refractivity contribution in [3.8, 4) is 11.5 Å². The van der Waals surface area contributed by atoms with Crippen molar-refractivity contribution in [1.82, 2.24) is 4.98 Å². The van der Waals surface area contributed by atoms with Crippen LogP contribution in [-0.2, 0) is 0 Å². The van der Waals surface area contributed by atoms with E-state index in [0.717, 1.165) is 12.1 Å². The number of hydrogen-bond donors (Lipinski definition) is 1. The fraction of sp³-hybridized carbons (Fsp3) is 0.0909. The van der Waals surface area contributed by atoms with Crippen molar-refractivity contribution >= 4 is 5.97 Å². The molecular formula is C11H7F2NO3. The average molecular weight is 239 g/mol. The molecule has 17 heavy (non-hydrogen) atoms. The first kappa shape index (κ1) is 11.3. The molecule has 0 aliphatic rings. The first-order chi connectivity index (χ1) is 8.00. The molecule has 0 fully saturated rings. The van der Waals surface area contributed by atoms with Crippen LogP contribution in [0.25, 0.3) is 11.5 Å². The maximum Gasteiger partial charge on any atom is 0.373 e. The van der Waals surface area contributed by atoms with Gasteiger partial charge < -0.3 is 9.52 Å². The molecule has 0 bridgehead atoms. The third kappa shape index (κ3) is 1.89. The zero-order chi connectivity index (χ0) is 12.6. The van der Waals surface area contributed by atoms with Gasteiger partial charge in [0, 0.05) is 0 Å². The summed E-state index contributed by atoms with van der Waals surface area (Å²) in [5.74, 6) is -3.86. The van der Waals surface area contributed by atoms with Gasteiger partial charge in [-0.15, -0.1) is 0 Å². The van der Waals surface area contributed by atoms with Crippen LogP contribution in [0, 0.1) is 18.6 Å². The molecule has 1 aromatic heterocycles. The maximum atomic E-state index is 13.4. The average Bonchev–Trinajstić information content (AvgIpc) is 2.60. The summed E-state index contributed by atoms with van der Waals surface area (Å²) in [5.41, 5.74) is -0.404. The highest BCUT2D eigenvalue weighted by molar-refractivity contribution is 5.86. The first-order valence-electron chi connectivity index (χ1n) is 4.66. The van der Waals surface area contributed by atoms with E-state index in [1.54, 1.807) is 0 Å². The highest BCUT2D eigenvalue weighted by atomic mass is 19.1. The van der Waals surface area contributed by atoms with E-state index in [0.29, 0.717) is 0 Å². The summed E-state index contributed by atoms with van der Waals surface area (Å²) in [6.45, 7) is 1.38. The second-order valence-corrected chi connectivity index (χ2v) is 3.34. The van der Waals surface area contributed by atoms with Crippen molar-refractivity contribution in [3.05, 3.63) is 41.3 Å². The Kier molecular flexibility index (Phi) is 2.63. The molecule has 2 rings (SSSR count). The molecule has 0 unspecified atom stereocenters. The van der Waals surface area contributed by atoms with Crippen molar-refractivity contribution in [2.75, 3.05) is 0 Å². The molecule has 0 spiro atoms. The van der Waals surface area contributed by atoms with E-state index in [-0.39, 0.29) is 11.6 Å². The van der Waals surface area contributed by atoms with Gasteiger partial charge in [0.2, 0.25) is 11.7 Å². The van der Waals surface area contributed by atoms with Crippen LogP contribution in [0.2, 0.25) is 0 Å². The number of carbonyl (C=O) groups is 1. The number of carboxylic acid groups (broad SMARTS) is 1. The van der Waals surface area contributed by atoms with Crippen LogP contribution in [0.15, 0.2) is 22.6 Å². The second-order valence-electron chi connectivity index (χ2n) is 3.34. The van der Waals surface area contributed by atoms with Crippen LogP contribution in [0.3, 0.4) is 0 Å². The molecule has 4 nitrogen and oxygen atoms in total. The lowest BCUT2D eigenvalue weighted by Crippen LogP contribution is -1.95. The predicted molar refractivity (Wildman–Crippen MR) is 53.6 cm³/mol. The summed E-state index contributed by atoms with van der Waals surface area (Å²) in [6.07, 6.45) is 0. The molecule has 0 saturated carbocycles. The Morgan fingerprint density at radius 2 is 1.94 bits per heavy atom. The Morgan fingerprint density at radius 3 is 2.41 bits per heavy atom. The highest BCUT2D eigenvalue weighted by Gasteiger charge is 2.21. The van der Waals surface area contributed by atoms with E-state index in [1.165, 1.54) is 13.0 Å². The summed E-state index contributed by atoms with van der Waals surface area (Å²) >= 11 is 0. The summed E-state index contributed by atoms with van der Waals surface area (Å²) in [5, 5.41) is 8.74. The van der Waals surface area contributed by atoms with Gasteiger partial charge in [0.05, 0.1) is 5.69 Å². The van der Waals surface area contributed by atoms with Gasteiger partial charge >= 0.3 is 5.97 Å². The Labute approximate surface area is 94.5 Å². The number of rotatable bonds is 2. The third-order valence-electron chi connectivity index (χ3n) is 2.17. The minimum Gasteiger partial charge on any atom is -0.475 e. The van der Waals surface area contributed by atoms with Gasteiger partial charge in [-0.2, -0.15) is 0 Å². The Morgan fingerprint density at radius 1 is 1.35 bits per heavy atom. The molecule has 0 saturated heterocycles. The Hall–Kier alpha value is -2.24. The quantitative estimate of drug-likeness (QED) is 0.874. The summed E-state index contributed by atoms with van der Waals surface area (Å²) < 4.78 is 31.6. The summed E-state index contributed by atoms with van der Waals surface area (Å²) in [4.78, 5) is 14.4. The lowest BCUT2D eigenvalue weighted by molar-refractivity contribution is 0.0662. The summed E-state index contributed by atoms with van der Waals surface area (Å²) in [7, 11) is 0. The molecule has 2 aromatic rings. The molecule has 88 valence electrons. The van der Waals surface area contributed by atoms with E-state index in [1.807, 2.05) is 0 Å². The van der Waals surface area contributed by atoms with Crippen LogP contribution in [0.5, 0.6) is 0 Å². The molecule has 0 amide bonds. The fourth-order valence-electron chi connectivity index (χ4n) is 1.40. The van der Waals surface area contributed by atoms with Gasteiger partial charge in [-0.05, 0) is 19.1 Å². The van der Waals surface area contributed by atoms with E-state index in [2.05, 4.69) is 4.98 Å². The van der Waals surface area contributed by atoms with E-state index < -0.39 is 28.9 Å². The van der Waals surface area contributed by atoms with Crippen LogP contribution in [-0.4, -0.2) is 16.1 Å². The van der Waals surface area contributed by atoms with Gasteiger partial charge in [-0.3, -0.25) is 0 Å². The maximum absolute atomic E-state index is 13.4. The van der Waals surface area contributed by atoms with Crippen molar-refractivity contribution < 1.29 is 23.1 Å². The van der Waals surface area contributed by atoms with Crippen LogP contribution < -0.4 is 0 Å². The third-order valence-corrected chi connectivity index (χ3v) is 2.17. The molecular weight excluding hydrogens is 232 g/mol. The number of nitrogens with zero attached hydrogens (tertiary/aromatic N) is 1. The molecule has 1 aromatic carbocycles. The normalized spacial score (nSPS) is 10.5. The fourth-order valence-corrected chi connectivity index (χ4v) is 1.40. The Balaban J connectivity index is 2.62.